The van der Waals surface area contributed by atoms with Crippen molar-refractivity contribution in [3.8, 4) is 5.75 Å². The molecule has 0 aliphatic rings. The lowest BCUT2D eigenvalue weighted by atomic mass is 10.1. The van der Waals surface area contributed by atoms with Gasteiger partial charge in [0.05, 0.1) is 7.11 Å². The lowest BCUT2D eigenvalue weighted by Crippen LogP contribution is -2.31. The fourth-order valence-electron chi connectivity index (χ4n) is 3.49. The number of ether oxygens (including phenoxy) is 2. The fourth-order valence-corrected chi connectivity index (χ4v) is 3.49. The van der Waals surface area contributed by atoms with E-state index in [2.05, 4.69) is 10.6 Å². The number of halogens is 3. The zero-order valence-electron chi connectivity index (χ0n) is 19.9. The van der Waals surface area contributed by atoms with Crippen LogP contribution >= 0.6 is 12.4 Å². The Morgan fingerprint density at radius 3 is 2.42 bits per heavy atom. The second kappa shape index (κ2) is 13.4. The molecule has 3 rings (SSSR count). The van der Waals surface area contributed by atoms with Crippen LogP contribution in [-0.2, 0) is 22.6 Å². The molecule has 0 aromatic heterocycles. The first-order valence-corrected chi connectivity index (χ1v) is 11.0. The van der Waals surface area contributed by atoms with Crippen LogP contribution in [0.2, 0.25) is 0 Å². The van der Waals surface area contributed by atoms with Crippen LogP contribution < -0.4 is 21.1 Å². The molecular formula is C26H29ClF2N4O3. The van der Waals surface area contributed by atoms with E-state index in [1.54, 1.807) is 49.4 Å². The molecular weight excluding hydrogens is 490 g/mol. The van der Waals surface area contributed by atoms with Gasteiger partial charge in [0.15, 0.2) is 6.10 Å². The smallest absolute Gasteiger partial charge is 0.254 e. The molecule has 36 heavy (non-hydrogen) atoms. The molecule has 7 nitrogen and oxygen atoms in total. The number of hydrogen-bond donors (Lipinski definition) is 4. The van der Waals surface area contributed by atoms with Crippen molar-refractivity contribution in [3.63, 3.8) is 0 Å². The summed E-state index contributed by atoms with van der Waals surface area (Å²) in [7, 11) is 1.43. The third-order valence-corrected chi connectivity index (χ3v) is 5.36. The summed E-state index contributed by atoms with van der Waals surface area (Å²) in [5.41, 5.74) is 7.90. The molecule has 10 heteroatoms. The Balaban J connectivity index is 0.00000456. The van der Waals surface area contributed by atoms with Crippen LogP contribution in [0.1, 0.15) is 35.3 Å². The molecule has 0 heterocycles. The van der Waals surface area contributed by atoms with Crippen LogP contribution in [0.4, 0.5) is 14.5 Å². The molecule has 192 valence electrons. The highest BCUT2D eigenvalue weighted by molar-refractivity contribution is 5.96. The number of amidine groups is 1. The predicted molar refractivity (Wildman–Crippen MR) is 138 cm³/mol. The summed E-state index contributed by atoms with van der Waals surface area (Å²) in [6.45, 7) is 2.19. The normalized spacial score (nSPS) is 11.2. The van der Waals surface area contributed by atoms with E-state index < -0.39 is 17.8 Å². The molecule has 0 fully saturated rings. The second-order valence-corrected chi connectivity index (χ2v) is 7.67. The van der Waals surface area contributed by atoms with Gasteiger partial charge >= 0.3 is 0 Å². The quantitative estimate of drug-likeness (QED) is 0.217. The maximum absolute atomic E-state index is 14.6. The van der Waals surface area contributed by atoms with Gasteiger partial charge in [-0.15, -0.1) is 12.4 Å². The summed E-state index contributed by atoms with van der Waals surface area (Å²) in [4.78, 5) is 13.0. The van der Waals surface area contributed by atoms with Gasteiger partial charge in [0.2, 0.25) is 0 Å². The summed E-state index contributed by atoms with van der Waals surface area (Å²) < 4.78 is 39.2. The zero-order chi connectivity index (χ0) is 25.4. The minimum atomic E-state index is -1.16. The number of rotatable bonds is 11. The number of carbonyl (C=O) groups is 1. The molecule has 0 radical (unpaired) electrons. The molecule has 3 aromatic rings. The average Bonchev–Trinajstić information content (AvgIpc) is 2.85. The molecule has 0 saturated heterocycles. The third-order valence-electron chi connectivity index (χ3n) is 5.36. The van der Waals surface area contributed by atoms with Crippen LogP contribution in [0.3, 0.4) is 0 Å². The van der Waals surface area contributed by atoms with E-state index >= 15 is 0 Å². The van der Waals surface area contributed by atoms with Gasteiger partial charge < -0.3 is 25.8 Å². The summed E-state index contributed by atoms with van der Waals surface area (Å²) in [5, 5.41) is 13.6. The highest BCUT2D eigenvalue weighted by atomic mass is 35.5. The van der Waals surface area contributed by atoms with Gasteiger partial charge in [0.1, 0.15) is 23.2 Å². The Labute approximate surface area is 214 Å². The lowest BCUT2D eigenvalue weighted by Gasteiger charge is -2.19. The van der Waals surface area contributed by atoms with E-state index in [9.17, 15) is 13.6 Å². The minimum Gasteiger partial charge on any atom is -0.497 e. The van der Waals surface area contributed by atoms with Crippen LogP contribution in [-0.4, -0.2) is 25.5 Å². The number of carbonyl (C=O) groups excluding carboxylic acids is 1. The van der Waals surface area contributed by atoms with Gasteiger partial charge in [-0.05, 0) is 36.8 Å². The Hall–Kier alpha value is -3.69. The standard InChI is InChI=1S/C26H28F2N4O3.ClH/c1-3-35-24(20-11-10-19(34-2)13-22(20)28)26(33)32-15-18-9-8-16(25(29)30)12-23(18)31-14-17-6-4-5-7-21(17)27;/h4-13,24,31H,3,14-15H2,1-2H3,(H3,29,30)(H,32,33);1H. The third kappa shape index (κ3) is 7.16. The number of nitrogens with one attached hydrogen (secondary N) is 3. The topological polar surface area (TPSA) is 109 Å². The Morgan fingerprint density at radius 2 is 1.78 bits per heavy atom. The first kappa shape index (κ1) is 28.5. The molecule has 0 aliphatic heterocycles. The molecule has 1 unspecified atom stereocenters. The highest BCUT2D eigenvalue weighted by Crippen LogP contribution is 2.26. The average molecular weight is 519 g/mol. The van der Waals surface area contributed by atoms with Crippen molar-refractivity contribution >= 4 is 29.8 Å². The number of nitrogen functional groups attached to an aromatic ring is 1. The molecule has 1 atom stereocenters. The molecule has 3 aromatic carbocycles. The summed E-state index contributed by atoms with van der Waals surface area (Å²) in [6.07, 6.45) is -1.16. The maximum Gasteiger partial charge on any atom is 0.254 e. The zero-order valence-corrected chi connectivity index (χ0v) is 20.8. The van der Waals surface area contributed by atoms with Gasteiger partial charge in [-0.1, -0.05) is 30.3 Å². The summed E-state index contributed by atoms with van der Waals surface area (Å²) in [5.74, 6) is -1.28. The second-order valence-electron chi connectivity index (χ2n) is 7.67. The van der Waals surface area contributed by atoms with Gasteiger partial charge in [-0.3, -0.25) is 10.2 Å². The van der Waals surface area contributed by atoms with E-state index in [1.165, 1.54) is 25.3 Å². The van der Waals surface area contributed by atoms with E-state index in [1.807, 2.05) is 0 Å². The number of amides is 1. The van der Waals surface area contributed by atoms with Crippen LogP contribution in [0.5, 0.6) is 5.75 Å². The Bertz CT molecular complexity index is 1210. The van der Waals surface area contributed by atoms with Crippen LogP contribution in [0.25, 0.3) is 0 Å². The molecule has 5 N–H and O–H groups in total. The number of anilines is 1. The number of nitrogens with two attached hydrogens (primary N) is 1. The van der Waals surface area contributed by atoms with Gasteiger partial charge in [0.25, 0.3) is 5.91 Å². The van der Waals surface area contributed by atoms with Crippen molar-refractivity contribution in [1.82, 2.24) is 5.32 Å². The minimum absolute atomic E-state index is 0. The maximum atomic E-state index is 14.6. The molecule has 1 amide bonds. The van der Waals surface area contributed by atoms with Crippen molar-refractivity contribution < 1.29 is 23.0 Å². The molecule has 0 aliphatic carbocycles. The van der Waals surface area contributed by atoms with Gasteiger partial charge in [-0.2, -0.15) is 0 Å². The van der Waals surface area contributed by atoms with Crippen LogP contribution in [0.15, 0.2) is 60.7 Å². The first-order chi connectivity index (χ1) is 16.8. The van der Waals surface area contributed by atoms with Crippen molar-refractivity contribution in [2.75, 3.05) is 19.0 Å². The van der Waals surface area contributed by atoms with Crippen molar-refractivity contribution in [3.05, 3.63) is 94.6 Å². The fraction of sp³-hybridized carbons (Fsp3) is 0.231. The van der Waals surface area contributed by atoms with Crippen molar-refractivity contribution in [1.29, 1.82) is 5.41 Å². The van der Waals surface area contributed by atoms with Crippen LogP contribution in [0, 0.1) is 17.0 Å². The van der Waals surface area contributed by atoms with Crippen molar-refractivity contribution in [2.45, 2.75) is 26.1 Å². The lowest BCUT2D eigenvalue weighted by molar-refractivity contribution is -0.133. The predicted octanol–water partition coefficient (Wildman–Crippen LogP) is 4.69. The summed E-state index contributed by atoms with van der Waals surface area (Å²) in [6, 6.07) is 15.6. The number of hydrogen-bond acceptors (Lipinski definition) is 5. The van der Waals surface area contributed by atoms with Crippen molar-refractivity contribution in [2.24, 2.45) is 5.73 Å². The number of benzene rings is 3. The van der Waals surface area contributed by atoms with Gasteiger partial charge in [0, 0.05) is 48.1 Å². The van der Waals surface area contributed by atoms with E-state index in [-0.39, 0.29) is 49.3 Å². The van der Waals surface area contributed by atoms with E-state index in [4.69, 9.17) is 20.6 Å². The van der Waals surface area contributed by atoms with E-state index in [0.717, 1.165) is 0 Å². The largest absolute Gasteiger partial charge is 0.497 e. The summed E-state index contributed by atoms with van der Waals surface area (Å²) >= 11 is 0. The monoisotopic (exact) mass is 518 g/mol. The molecule has 0 saturated carbocycles. The molecule has 0 spiro atoms. The molecule has 0 bridgehead atoms. The first-order valence-electron chi connectivity index (χ1n) is 11.0. The Kier molecular flexibility index (Phi) is 10.6. The Morgan fingerprint density at radius 1 is 1.03 bits per heavy atom. The number of methoxy groups -OCH3 is 1. The van der Waals surface area contributed by atoms with E-state index in [0.29, 0.717) is 28.1 Å². The van der Waals surface area contributed by atoms with Gasteiger partial charge in [-0.25, -0.2) is 8.78 Å². The SMILES string of the molecule is CCOC(C(=O)NCc1ccc(C(=N)N)cc1NCc1ccccc1F)c1ccc(OC)cc1F.Cl. The highest BCUT2D eigenvalue weighted by Gasteiger charge is 2.24.